The van der Waals surface area contributed by atoms with Gasteiger partial charge in [0.15, 0.2) is 6.10 Å². The third-order valence-electron chi connectivity index (χ3n) is 3.29. The van der Waals surface area contributed by atoms with Crippen molar-refractivity contribution in [2.75, 3.05) is 7.11 Å². The van der Waals surface area contributed by atoms with E-state index in [2.05, 4.69) is 0 Å². The predicted octanol–water partition coefficient (Wildman–Crippen LogP) is 0.878. The van der Waals surface area contributed by atoms with Crippen LogP contribution in [-0.2, 0) is 10.2 Å². The molecule has 1 atom stereocenters. The Labute approximate surface area is 98.3 Å². The van der Waals surface area contributed by atoms with Crippen molar-refractivity contribution in [3.8, 4) is 11.5 Å². The van der Waals surface area contributed by atoms with Crippen LogP contribution >= 0.6 is 0 Å². The number of rotatable bonds is 4. The second kappa shape index (κ2) is 3.92. The van der Waals surface area contributed by atoms with Gasteiger partial charge >= 0.3 is 5.97 Å². The number of methoxy groups -OCH3 is 1. The molecule has 0 spiro atoms. The first-order valence-electron chi connectivity index (χ1n) is 5.29. The summed E-state index contributed by atoms with van der Waals surface area (Å²) >= 11 is 0. The van der Waals surface area contributed by atoms with Crippen molar-refractivity contribution in [1.29, 1.82) is 0 Å². The molecule has 0 bridgehead atoms. The van der Waals surface area contributed by atoms with Gasteiger partial charge in [0, 0.05) is 11.0 Å². The highest BCUT2D eigenvalue weighted by Gasteiger charge is 2.54. The van der Waals surface area contributed by atoms with Gasteiger partial charge in [-0.2, -0.15) is 0 Å². The van der Waals surface area contributed by atoms with Crippen LogP contribution in [0.15, 0.2) is 18.2 Å². The molecule has 17 heavy (non-hydrogen) atoms. The Bertz CT molecular complexity index is 450. The molecular formula is C12H14O5. The number of aromatic hydroxyl groups is 1. The molecule has 1 unspecified atom stereocenters. The summed E-state index contributed by atoms with van der Waals surface area (Å²) in [5, 5.41) is 28.4. The van der Waals surface area contributed by atoms with Gasteiger partial charge in [-0.25, -0.2) is 4.79 Å². The molecule has 0 saturated heterocycles. The minimum absolute atomic E-state index is 0.0106. The highest BCUT2D eigenvalue weighted by Crippen LogP contribution is 2.54. The molecule has 1 aromatic rings. The average Bonchev–Trinajstić information content (AvgIpc) is 3.10. The lowest BCUT2D eigenvalue weighted by atomic mass is 9.89. The molecule has 1 aliphatic rings. The number of ether oxygens (including phenoxy) is 1. The first kappa shape index (κ1) is 11.7. The van der Waals surface area contributed by atoms with Gasteiger partial charge in [-0.15, -0.1) is 0 Å². The molecule has 0 radical (unpaired) electrons. The lowest BCUT2D eigenvalue weighted by molar-refractivity contribution is -0.148. The maximum absolute atomic E-state index is 10.9. The summed E-state index contributed by atoms with van der Waals surface area (Å²) < 4.78 is 5.03. The maximum atomic E-state index is 10.9. The molecule has 1 fully saturated rings. The monoisotopic (exact) mass is 238 g/mol. The van der Waals surface area contributed by atoms with E-state index in [0.29, 0.717) is 24.2 Å². The molecule has 0 amide bonds. The Morgan fingerprint density at radius 3 is 2.59 bits per heavy atom. The van der Waals surface area contributed by atoms with Crippen LogP contribution in [0.25, 0.3) is 0 Å². The fourth-order valence-corrected chi connectivity index (χ4v) is 2.10. The molecule has 3 N–H and O–H groups in total. The third kappa shape index (κ3) is 1.82. The molecule has 1 aromatic carbocycles. The van der Waals surface area contributed by atoms with Crippen LogP contribution in [0.4, 0.5) is 0 Å². The molecule has 5 nitrogen and oxygen atoms in total. The lowest BCUT2D eigenvalue weighted by Gasteiger charge is -2.20. The Hall–Kier alpha value is -1.75. The van der Waals surface area contributed by atoms with E-state index in [0.717, 1.165) is 0 Å². The van der Waals surface area contributed by atoms with Crippen LogP contribution in [0, 0.1) is 0 Å². The first-order chi connectivity index (χ1) is 8.01. The van der Waals surface area contributed by atoms with Gasteiger partial charge < -0.3 is 20.1 Å². The normalized spacial score (nSPS) is 18.5. The quantitative estimate of drug-likeness (QED) is 0.724. The van der Waals surface area contributed by atoms with E-state index in [1.807, 2.05) is 0 Å². The second-order valence-electron chi connectivity index (χ2n) is 4.28. The largest absolute Gasteiger partial charge is 0.508 e. The van der Waals surface area contributed by atoms with Gasteiger partial charge in [0.25, 0.3) is 0 Å². The number of phenols is 1. The van der Waals surface area contributed by atoms with E-state index in [1.54, 1.807) is 12.1 Å². The lowest BCUT2D eigenvalue weighted by Crippen LogP contribution is -2.33. The average molecular weight is 238 g/mol. The van der Waals surface area contributed by atoms with E-state index in [4.69, 9.17) is 9.84 Å². The van der Waals surface area contributed by atoms with Gasteiger partial charge in [-0.3, -0.25) is 0 Å². The molecule has 5 heteroatoms. The van der Waals surface area contributed by atoms with Crippen LogP contribution in [0.1, 0.15) is 18.4 Å². The van der Waals surface area contributed by atoms with E-state index in [-0.39, 0.29) is 5.75 Å². The number of hydrogen-bond acceptors (Lipinski definition) is 4. The number of phenolic OH excluding ortho intramolecular Hbond substituents is 1. The summed E-state index contributed by atoms with van der Waals surface area (Å²) in [5.41, 5.74) is -0.434. The summed E-state index contributed by atoms with van der Waals surface area (Å²) in [5.74, 6) is -0.755. The topological polar surface area (TPSA) is 87.0 Å². The zero-order chi connectivity index (χ0) is 12.6. The van der Waals surface area contributed by atoms with Crippen LogP contribution in [-0.4, -0.2) is 34.5 Å². The first-order valence-corrected chi connectivity index (χ1v) is 5.29. The highest BCUT2D eigenvalue weighted by atomic mass is 16.5. The Balaban J connectivity index is 2.43. The molecule has 2 rings (SSSR count). The molecule has 1 saturated carbocycles. The van der Waals surface area contributed by atoms with Crippen molar-refractivity contribution < 1.29 is 24.9 Å². The van der Waals surface area contributed by atoms with E-state index in [1.165, 1.54) is 13.2 Å². The summed E-state index contributed by atoms with van der Waals surface area (Å²) in [6, 6.07) is 4.61. The maximum Gasteiger partial charge on any atom is 0.333 e. The standard InChI is InChI=1S/C12H14O5/c1-17-7-2-3-9(13)8(6-7)12(4-5-12)10(14)11(15)16/h2-3,6,10,13-14H,4-5H2,1H3,(H,15,16). The number of aliphatic hydroxyl groups excluding tert-OH is 1. The molecule has 0 aliphatic heterocycles. The van der Waals surface area contributed by atoms with Gasteiger partial charge in [0.1, 0.15) is 11.5 Å². The van der Waals surface area contributed by atoms with Crippen molar-refractivity contribution >= 4 is 5.97 Å². The predicted molar refractivity (Wildman–Crippen MR) is 59.2 cm³/mol. The number of aliphatic hydroxyl groups is 1. The van der Waals surface area contributed by atoms with Crippen molar-refractivity contribution in [1.82, 2.24) is 0 Å². The molecule has 0 heterocycles. The Kier molecular flexibility index (Phi) is 2.71. The molecule has 1 aliphatic carbocycles. The summed E-state index contributed by atoms with van der Waals surface area (Å²) in [4.78, 5) is 10.9. The van der Waals surface area contributed by atoms with Crippen molar-refractivity contribution in [2.24, 2.45) is 0 Å². The van der Waals surface area contributed by atoms with E-state index < -0.39 is 17.5 Å². The zero-order valence-electron chi connectivity index (χ0n) is 9.38. The molecule has 92 valence electrons. The van der Waals surface area contributed by atoms with Gasteiger partial charge in [0.05, 0.1) is 7.11 Å². The van der Waals surface area contributed by atoms with Crippen LogP contribution < -0.4 is 4.74 Å². The number of aliphatic carboxylic acids is 1. The van der Waals surface area contributed by atoms with E-state index in [9.17, 15) is 15.0 Å². The Morgan fingerprint density at radius 1 is 1.47 bits per heavy atom. The minimum Gasteiger partial charge on any atom is -0.508 e. The second-order valence-corrected chi connectivity index (χ2v) is 4.28. The van der Waals surface area contributed by atoms with Crippen molar-refractivity contribution in [3.05, 3.63) is 23.8 Å². The minimum atomic E-state index is -1.50. The van der Waals surface area contributed by atoms with E-state index >= 15 is 0 Å². The van der Waals surface area contributed by atoms with Crippen LogP contribution in [0.2, 0.25) is 0 Å². The number of carboxylic acids is 1. The van der Waals surface area contributed by atoms with Crippen molar-refractivity contribution in [2.45, 2.75) is 24.4 Å². The smallest absolute Gasteiger partial charge is 0.333 e. The van der Waals surface area contributed by atoms with Crippen LogP contribution in [0.5, 0.6) is 11.5 Å². The molecule has 0 aromatic heterocycles. The number of carbonyl (C=O) groups is 1. The Morgan fingerprint density at radius 2 is 2.12 bits per heavy atom. The third-order valence-corrected chi connectivity index (χ3v) is 3.29. The zero-order valence-corrected chi connectivity index (χ0v) is 9.38. The summed E-state index contributed by atoms with van der Waals surface area (Å²) in [7, 11) is 1.49. The number of carboxylic acid groups (broad SMARTS) is 1. The SMILES string of the molecule is COc1ccc(O)c(C2(C(O)C(=O)O)CC2)c1. The highest BCUT2D eigenvalue weighted by molar-refractivity contribution is 5.76. The molecular weight excluding hydrogens is 224 g/mol. The number of benzene rings is 1. The van der Waals surface area contributed by atoms with Gasteiger partial charge in [-0.1, -0.05) is 0 Å². The van der Waals surface area contributed by atoms with Gasteiger partial charge in [0.2, 0.25) is 0 Å². The van der Waals surface area contributed by atoms with Crippen molar-refractivity contribution in [3.63, 3.8) is 0 Å². The van der Waals surface area contributed by atoms with Crippen LogP contribution in [0.3, 0.4) is 0 Å². The number of hydrogen-bond donors (Lipinski definition) is 3. The fraction of sp³-hybridized carbons (Fsp3) is 0.417. The fourth-order valence-electron chi connectivity index (χ4n) is 2.10. The van der Waals surface area contributed by atoms with Gasteiger partial charge in [-0.05, 0) is 31.0 Å². The summed E-state index contributed by atoms with van der Waals surface area (Å²) in [6.07, 6.45) is -0.414. The summed E-state index contributed by atoms with van der Waals surface area (Å²) in [6.45, 7) is 0.